The summed E-state index contributed by atoms with van der Waals surface area (Å²) in [4.78, 5) is 10.6. The van der Waals surface area contributed by atoms with Gasteiger partial charge in [-0.2, -0.15) is 5.10 Å². The zero-order valence-electron chi connectivity index (χ0n) is 8.27. The molecule has 1 aliphatic rings. The molecule has 1 fully saturated rings. The van der Waals surface area contributed by atoms with Crippen LogP contribution in [-0.4, -0.2) is 33.3 Å². The van der Waals surface area contributed by atoms with Crippen LogP contribution in [0.2, 0.25) is 0 Å². The topological polar surface area (TPSA) is 83.7 Å². The molecule has 78 valence electrons. The first kappa shape index (κ1) is 8.46. The van der Waals surface area contributed by atoms with Crippen LogP contribution in [0.4, 0.5) is 11.6 Å². The van der Waals surface area contributed by atoms with Gasteiger partial charge >= 0.3 is 0 Å². The number of nitrogens with one attached hydrogen (secondary N) is 1. The van der Waals surface area contributed by atoms with Crippen LogP contribution in [0.15, 0.2) is 6.33 Å². The Hall–Kier alpha value is -1.85. The molecule has 3 N–H and O–H groups in total. The third-order valence-electron chi connectivity index (χ3n) is 2.76. The summed E-state index contributed by atoms with van der Waals surface area (Å²) in [6.07, 6.45) is 3.96. The van der Waals surface area contributed by atoms with Gasteiger partial charge in [0.05, 0.1) is 0 Å². The number of nitrogen functional groups attached to an aromatic ring is 1. The van der Waals surface area contributed by atoms with Gasteiger partial charge in [-0.25, -0.2) is 9.97 Å². The number of aromatic nitrogens is 4. The standard InChI is InChI=1S/C9H12N6/c10-7-6-8(14-13-7)11-5-12-9(6)15-3-1-2-4-15/h5H,1-4H2,(H3,10,11,12,13,14). The second-order valence-electron chi connectivity index (χ2n) is 3.73. The van der Waals surface area contributed by atoms with Crippen molar-refractivity contribution in [1.29, 1.82) is 0 Å². The maximum absolute atomic E-state index is 5.82. The molecule has 15 heavy (non-hydrogen) atoms. The maximum Gasteiger partial charge on any atom is 0.188 e. The van der Waals surface area contributed by atoms with Crippen LogP contribution < -0.4 is 10.6 Å². The smallest absolute Gasteiger partial charge is 0.188 e. The fourth-order valence-electron chi connectivity index (χ4n) is 2.03. The lowest BCUT2D eigenvalue weighted by molar-refractivity contribution is 0.939. The first-order valence-corrected chi connectivity index (χ1v) is 5.06. The third-order valence-corrected chi connectivity index (χ3v) is 2.76. The molecule has 6 heteroatoms. The van der Waals surface area contributed by atoms with Gasteiger partial charge in [0.15, 0.2) is 5.65 Å². The number of nitrogens with zero attached hydrogens (tertiary/aromatic N) is 4. The van der Waals surface area contributed by atoms with E-state index in [0.717, 1.165) is 24.3 Å². The van der Waals surface area contributed by atoms with Crippen LogP contribution in [0.25, 0.3) is 11.0 Å². The Balaban J connectivity index is 2.19. The predicted molar refractivity (Wildman–Crippen MR) is 57.5 cm³/mol. The molecule has 2 aromatic heterocycles. The number of nitrogens with two attached hydrogens (primary N) is 1. The largest absolute Gasteiger partial charge is 0.383 e. The van der Waals surface area contributed by atoms with Gasteiger partial charge in [0.25, 0.3) is 0 Å². The Labute approximate surface area is 86.5 Å². The zero-order chi connectivity index (χ0) is 10.3. The number of hydrogen-bond acceptors (Lipinski definition) is 5. The zero-order valence-corrected chi connectivity index (χ0v) is 8.27. The van der Waals surface area contributed by atoms with Crippen molar-refractivity contribution in [2.45, 2.75) is 12.8 Å². The van der Waals surface area contributed by atoms with Gasteiger partial charge in [-0.1, -0.05) is 0 Å². The Bertz CT molecular complexity index is 484. The Morgan fingerprint density at radius 3 is 2.87 bits per heavy atom. The first-order chi connectivity index (χ1) is 7.36. The number of aromatic amines is 1. The molecule has 0 aromatic carbocycles. The molecule has 0 atom stereocenters. The third kappa shape index (κ3) is 1.21. The van der Waals surface area contributed by atoms with Crippen LogP contribution in [0, 0.1) is 0 Å². The molecule has 0 saturated carbocycles. The summed E-state index contributed by atoms with van der Waals surface area (Å²) in [5, 5.41) is 7.61. The van der Waals surface area contributed by atoms with Crippen molar-refractivity contribution in [1.82, 2.24) is 20.2 Å². The van der Waals surface area contributed by atoms with Crippen LogP contribution in [0.3, 0.4) is 0 Å². The average Bonchev–Trinajstić information content (AvgIpc) is 2.88. The minimum absolute atomic E-state index is 0.549. The highest BCUT2D eigenvalue weighted by atomic mass is 15.2. The molecule has 0 spiro atoms. The number of anilines is 2. The van der Waals surface area contributed by atoms with Crippen molar-refractivity contribution in [2.24, 2.45) is 0 Å². The van der Waals surface area contributed by atoms with E-state index in [1.807, 2.05) is 0 Å². The summed E-state index contributed by atoms with van der Waals surface area (Å²) in [6.45, 7) is 2.08. The minimum Gasteiger partial charge on any atom is -0.383 e. The summed E-state index contributed by atoms with van der Waals surface area (Å²) in [5.74, 6) is 1.45. The van der Waals surface area contributed by atoms with Gasteiger partial charge < -0.3 is 10.6 Å². The Kier molecular flexibility index (Phi) is 1.74. The number of fused-ring (bicyclic) bond motifs is 1. The van der Waals surface area contributed by atoms with Crippen LogP contribution in [-0.2, 0) is 0 Å². The molecule has 3 rings (SSSR count). The first-order valence-electron chi connectivity index (χ1n) is 5.06. The van der Waals surface area contributed by atoms with E-state index >= 15 is 0 Å². The highest BCUT2D eigenvalue weighted by Crippen LogP contribution is 2.28. The van der Waals surface area contributed by atoms with Gasteiger partial charge in [-0.15, -0.1) is 0 Å². The lowest BCUT2D eigenvalue weighted by Crippen LogP contribution is -2.19. The normalized spacial score (nSPS) is 16.4. The monoisotopic (exact) mass is 204 g/mol. The molecular weight excluding hydrogens is 192 g/mol. The van der Waals surface area contributed by atoms with Crippen molar-refractivity contribution in [3.8, 4) is 0 Å². The van der Waals surface area contributed by atoms with E-state index in [1.165, 1.54) is 19.2 Å². The Morgan fingerprint density at radius 2 is 2.07 bits per heavy atom. The molecule has 1 saturated heterocycles. The van der Waals surface area contributed by atoms with E-state index in [-0.39, 0.29) is 0 Å². The van der Waals surface area contributed by atoms with Crippen molar-refractivity contribution in [3.63, 3.8) is 0 Å². The molecule has 2 aromatic rings. The fraction of sp³-hybridized carbons (Fsp3) is 0.444. The predicted octanol–water partition coefficient (Wildman–Crippen LogP) is 0.535. The molecule has 0 aliphatic carbocycles. The highest BCUT2D eigenvalue weighted by Gasteiger charge is 2.19. The van der Waals surface area contributed by atoms with Gasteiger partial charge in [-0.05, 0) is 12.8 Å². The second-order valence-corrected chi connectivity index (χ2v) is 3.73. The lowest BCUT2D eigenvalue weighted by Gasteiger charge is -2.16. The van der Waals surface area contributed by atoms with Crippen LogP contribution in [0.5, 0.6) is 0 Å². The summed E-state index contributed by atoms with van der Waals surface area (Å²) >= 11 is 0. The second kappa shape index (κ2) is 3.08. The average molecular weight is 204 g/mol. The fourth-order valence-corrected chi connectivity index (χ4v) is 2.03. The van der Waals surface area contributed by atoms with Crippen LogP contribution >= 0.6 is 0 Å². The summed E-state index contributed by atoms with van der Waals surface area (Å²) < 4.78 is 0. The number of H-pyrrole nitrogens is 1. The molecule has 0 unspecified atom stereocenters. The molecular formula is C9H12N6. The molecule has 3 heterocycles. The van der Waals surface area contributed by atoms with Gasteiger partial charge in [0.1, 0.15) is 23.3 Å². The SMILES string of the molecule is Nc1[nH]nc2ncnc(N3CCCC3)c12. The van der Waals surface area contributed by atoms with E-state index in [9.17, 15) is 0 Å². The van der Waals surface area contributed by atoms with Gasteiger partial charge in [0.2, 0.25) is 0 Å². The minimum atomic E-state index is 0.549. The van der Waals surface area contributed by atoms with Crippen molar-refractivity contribution < 1.29 is 0 Å². The number of rotatable bonds is 1. The molecule has 0 radical (unpaired) electrons. The summed E-state index contributed by atoms with van der Waals surface area (Å²) in [5.41, 5.74) is 6.46. The summed E-state index contributed by atoms with van der Waals surface area (Å²) in [6, 6.07) is 0. The van der Waals surface area contributed by atoms with E-state index < -0.39 is 0 Å². The van der Waals surface area contributed by atoms with E-state index in [2.05, 4.69) is 25.1 Å². The number of hydrogen-bond donors (Lipinski definition) is 2. The van der Waals surface area contributed by atoms with Gasteiger partial charge in [-0.3, -0.25) is 5.10 Å². The molecule has 0 bridgehead atoms. The van der Waals surface area contributed by atoms with E-state index in [0.29, 0.717) is 11.5 Å². The lowest BCUT2D eigenvalue weighted by atomic mass is 10.3. The van der Waals surface area contributed by atoms with Crippen molar-refractivity contribution in [3.05, 3.63) is 6.33 Å². The van der Waals surface area contributed by atoms with Crippen molar-refractivity contribution >= 4 is 22.7 Å². The molecule has 6 nitrogen and oxygen atoms in total. The summed E-state index contributed by atoms with van der Waals surface area (Å²) in [7, 11) is 0. The van der Waals surface area contributed by atoms with Crippen molar-refractivity contribution in [2.75, 3.05) is 23.7 Å². The quantitative estimate of drug-likeness (QED) is 0.708. The molecule has 0 amide bonds. The van der Waals surface area contributed by atoms with Gasteiger partial charge in [0, 0.05) is 13.1 Å². The van der Waals surface area contributed by atoms with E-state index in [1.54, 1.807) is 0 Å². The Morgan fingerprint density at radius 1 is 1.27 bits per heavy atom. The van der Waals surface area contributed by atoms with E-state index in [4.69, 9.17) is 5.73 Å². The van der Waals surface area contributed by atoms with Crippen LogP contribution in [0.1, 0.15) is 12.8 Å². The highest BCUT2D eigenvalue weighted by molar-refractivity contribution is 5.95. The maximum atomic E-state index is 5.82. The molecule has 1 aliphatic heterocycles.